The number of aromatic carboxylic acids is 1. The molecule has 0 heterocycles. The summed E-state index contributed by atoms with van der Waals surface area (Å²) >= 11 is 0. The largest absolute Gasteiger partial charge is 0.477 e. The van der Waals surface area contributed by atoms with Gasteiger partial charge in [-0.2, -0.15) is 5.48 Å². The number of carbonyl (C=O) groups is 1. The number of nitrogens with two attached hydrogens (primary N) is 1. The third-order valence-electron chi connectivity index (χ3n) is 1.33. The number of carboxylic acids is 1. The molecule has 0 aliphatic heterocycles. The van der Waals surface area contributed by atoms with E-state index in [-0.39, 0.29) is 5.56 Å². The Kier molecular flexibility index (Phi) is 2.20. The maximum atomic E-state index is 10.4. The molecule has 0 saturated carbocycles. The topological polar surface area (TPSA) is 74.1 Å². The summed E-state index contributed by atoms with van der Waals surface area (Å²) in [5.41, 5.74) is 1.21. The molecule has 0 aromatic heterocycles. The molecule has 4 heteroatoms. The Morgan fingerprint density at radius 2 is 2.00 bits per heavy atom. The van der Waals surface area contributed by atoms with Gasteiger partial charge < -0.3 is 5.11 Å². The third-order valence-corrected chi connectivity index (χ3v) is 1.33. The van der Waals surface area contributed by atoms with Crippen molar-refractivity contribution in [3.05, 3.63) is 29.8 Å². The van der Waals surface area contributed by atoms with Gasteiger partial charge >= 0.3 is 5.97 Å². The minimum Gasteiger partial charge on any atom is -0.477 e. The van der Waals surface area contributed by atoms with Gasteiger partial charge in [0.05, 0.1) is 0 Å². The van der Waals surface area contributed by atoms with Gasteiger partial charge in [0.15, 0.2) is 5.69 Å². The number of carboxylic acid groups (broad SMARTS) is 1. The fourth-order valence-corrected chi connectivity index (χ4v) is 0.804. The highest BCUT2D eigenvalue weighted by Gasteiger charge is 2.10. The van der Waals surface area contributed by atoms with Crippen molar-refractivity contribution in [2.75, 3.05) is 0 Å². The number of para-hydroxylation sites is 1. The molecule has 58 valence electrons. The molecule has 0 aliphatic carbocycles. The van der Waals surface area contributed by atoms with Gasteiger partial charge in [-0.15, -0.1) is 0 Å². The molecule has 1 rings (SSSR count). The molecule has 0 amide bonds. The minimum absolute atomic E-state index is 0.106. The van der Waals surface area contributed by atoms with Crippen LogP contribution in [0.25, 0.3) is 0 Å². The van der Waals surface area contributed by atoms with E-state index in [1.54, 1.807) is 12.1 Å². The van der Waals surface area contributed by atoms with Crippen LogP contribution in [0.2, 0.25) is 0 Å². The quantitative estimate of drug-likeness (QED) is 0.413. The highest BCUT2D eigenvalue weighted by molar-refractivity contribution is 5.91. The second-order valence-electron chi connectivity index (χ2n) is 2.02. The summed E-state index contributed by atoms with van der Waals surface area (Å²) in [7, 11) is 0. The van der Waals surface area contributed by atoms with E-state index in [9.17, 15) is 4.79 Å². The lowest BCUT2D eigenvalue weighted by Crippen LogP contribution is -2.74. The van der Waals surface area contributed by atoms with E-state index in [2.05, 4.69) is 0 Å². The molecule has 1 aromatic carbocycles. The molecule has 0 radical (unpaired) electrons. The van der Waals surface area contributed by atoms with Crippen LogP contribution >= 0.6 is 0 Å². The van der Waals surface area contributed by atoms with Crippen LogP contribution in [0, 0.1) is 0 Å². The Morgan fingerprint density at radius 1 is 1.36 bits per heavy atom. The summed E-state index contributed by atoms with van der Waals surface area (Å²) in [6.45, 7) is 0. The van der Waals surface area contributed by atoms with Crippen LogP contribution in [0.1, 0.15) is 10.4 Å². The summed E-state index contributed by atoms with van der Waals surface area (Å²) in [5.74, 6) is -1.04. The molecule has 0 fully saturated rings. The Labute approximate surface area is 63.1 Å². The maximum absolute atomic E-state index is 10.4. The van der Waals surface area contributed by atoms with Gasteiger partial charge in [-0.3, -0.25) is 0 Å². The van der Waals surface area contributed by atoms with Crippen LogP contribution in [0.15, 0.2) is 24.3 Å². The molecule has 4 N–H and O–H groups in total. The molecule has 0 spiro atoms. The van der Waals surface area contributed by atoms with Crippen molar-refractivity contribution in [3.63, 3.8) is 0 Å². The van der Waals surface area contributed by atoms with Crippen LogP contribution in [0.5, 0.6) is 0 Å². The zero-order chi connectivity index (χ0) is 8.27. The molecule has 1 aromatic rings. The van der Waals surface area contributed by atoms with E-state index in [1.807, 2.05) is 0 Å². The van der Waals surface area contributed by atoms with Crippen molar-refractivity contribution in [2.45, 2.75) is 0 Å². The molecular weight excluding hydrogens is 146 g/mol. The highest BCUT2D eigenvalue weighted by Crippen LogP contribution is 2.07. The fraction of sp³-hybridized carbons (Fsp3) is 0. The van der Waals surface area contributed by atoms with Crippen LogP contribution < -0.4 is 5.48 Å². The van der Waals surface area contributed by atoms with Crippen LogP contribution in [0.4, 0.5) is 5.69 Å². The van der Waals surface area contributed by atoms with Gasteiger partial charge in [-0.05, 0) is 6.07 Å². The van der Waals surface area contributed by atoms with E-state index < -0.39 is 5.97 Å². The van der Waals surface area contributed by atoms with Crippen LogP contribution in [-0.2, 0) is 0 Å². The average Bonchev–Trinajstić information content (AvgIpc) is 2.04. The highest BCUT2D eigenvalue weighted by atomic mass is 16.5. The van der Waals surface area contributed by atoms with E-state index in [1.165, 1.54) is 12.1 Å². The van der Waals surface area contributed by atoms with Crippen LogP contribution in [-0.4, -0.2) is 16.3 Å². The Morgan fingerprint density at radius 3 is 2.45 bits per heavy atom. The van der Waals surface area contributed by atoms with Gasteiger partial charge in [0.2, 0.25) is 0 Å². The second kappa shape index (κ2) is 3.14. The van der Waals surface area contributed by atoms with E-state index in [0.717, 1.165) is 5.48 Å². The predicted molar refractivity (Wildman–Crippen MR) is 36.8 cm³/mol. The maximum Gasteiger partial charge on any atom is 0.341 e. The molecule has 0 bridgehead atoms. The number of hydrogen-bond acceptors (Lipinski definition) is 2. The van der Waals surface area contributed by atoms with Gasteiger partial charge in [-0.1, -0.05) is 12.1 Å². The first kappa shape index (κ1) is 7.71. The lowest BCUT2D eigenvalue weighted by atomic mass is 10.2. The Hall–Kier alpha value is -1.39. The van der Waals surface area contributed by atoms with E-state index in [0.29, 0.717) is 5.69 Å². The van der Waals surface area contributed by atoms with E-state index >= 15 is 0 Å². The van der Waals surface area contributed by atoms with E-state index in [4.69, 9.17) is 10.3 Å². The van der Waals surface area contributed by atoms with Crippen molar-refractivity contribution in [1.29, 1.82) is 0 Å². The monoisotopic (exact) mass is 154 g/mol. The first-order chi connectivity index (χ1) is 5.25. The number of hydrogen-bond donors (Lipinski definition) is 3. The van der Waals surface area contributed by atoms with Crippen molar-refractivity contribution in [1.82, 2.24) is 0 Å². The number of quaternary nitrogens is 1. The molecule has 0 aliphatic rings. The number of rotatable bonds is 2. The lowest BCUT2D eigenvalue weighted by molar-refractivity contribution is -0.825. The summed E-state index contributed by atoms with van der Waals surface area (Å²) in [6, 6.07) is 6.23. The zero-order valence-corrected chi connectivity index (χ0v) is 5.69. The average molecular weight is 154 g/mol. The number of benzene rings is 1. The molecule has 4 nitrogen and oxygen atoms in total. The van der Waals surface area contributed by atoms with Gasteiger partial charge in [-0.25, -0.2) is 10.0 Å². The van der Waals surface area contributed by atoms with Crippen molar-refractivity contribution in [2.24, 2.45) is 0 Å². The lowest BCUT2D eigenvalue weighted by Gasteiger charge is -1.96. The van der Waals surface area contributed by atoms with Crippen molar-refractivity contribution < 1.29 is 20.6 Å². The molecule has 11 heavy (non-hydrogen) atoms. The third kappa shape index (κ3) is 1.54. The Balaban J connectivity index is 3.12. The zero-order valence-electron chi connectivity index (χ0n) is 5.69. The van der Waals surface area contributed by atoms with Gasteiger partial charge in [0.25, 0.3) is 0 Å². The smallest absolute Gasteiger partial charge is 0.341 e. The summed E-state index contributed by atoms with van der Waals surface area (Å²) in [6.07, 6.45) is 0. The van der Waals surface area contributed by atoms with Crippen molar-refractivity contribution in [3.8, 4) is 0 Å². The SMILES string of the molecule is O=C(O)c1ccccc1[NH2+]O. The molecule has 0 unspecified atom stereocenters. The molecule has 0 saturated heterocycles. The second-order valence-corrected chi connectivity index (χ2v) is 2.02. The summed E-state index contributed by atoms with van der Waals surface area (Å²) < 4.78 is 0. The first-order valence-corrected chi connectivity index (χ1v) is 3.05. The summed E-state index contributed by atoms with van der Waals surface area (Å²) in [5, 5.41) is 17.1. The molecular formula is C7H8NO3+. The Bertz CT molecular complexity index is 272. The first-order valence-electron chi connectivity index (χ1n) is 3.05. The normalized spacial score (nSPS) is 9.55. The van der Waals surface area contributed by atoms with Crippen LogP contribution in [0.3, 0.4) is 0 Å². The standard InChI is InChI=1S/C7H7NO3/c9-7(10)5-3-1-2-4-6(5)8-11/h1-4,8,11H,(H,9,10)/p+1. The summed E-state index contributed by atoms with van der Waals surface area (Å²) in [4.78, 5) is 10.4. The van der Waals surface area contributed by atoms with Gasteiger partial charge in [0, 0.05) is 6.07 Å². The fourth-order valence-electron chi connectivity index (χ4n) is 0.804. The van der Waals surface area contributed by atoms with Gasteiger partial charge in [0.1, 0.15) is 5.56 Å². The van der Waals surface area contributed by atoms with Crippen molar-refractivity contribution >= 4 is 11.7 Å². The minimum atomic E-state index is -1.04. The molecule has 0 atom stereocenters. The predicted octanol–water partition coefficient (Wildman–Crippen LogP) is -0.0311.